The molecule has 3 atom stereocenters. The number of rotatable bonds is 3. The fourth-order valence-electron chi connectivity index (χ4n) is 2.61. The molecule has 1 fully saturated rings. The number of nitrogens with one attached hydrogen (secondary N) is 1. The second-order valence-corrected chi connectivity index (χ2v) is 5.15. The van der Waals surface area contributed by atoms with Gasteiger partial charge in [-0.05, 0) is 36.7 Å². The maximum Gasteiger partial charge on any atom is 0.243 e. The quantitative estimate of drug-likeness (QED) is 0.711. The maximum absolute atomic E-state index is 11.3. The van der Waals surface area contributed by atoms with Gasteiger partial charge in [0.25, 0.3) is 0 Å². The summed E-state index contributed by atoms with van der Waals surface area (Å²) in [6, 6.07) is 0.347. The molecule has 86 valence electrons. The van der Waals surface area contributed by atoms with E-state index in [9.17, 15) is 4.79 Å². The Labute approximate surface area is 93.1 Å². The third-order valence-corrected chi connectivity index (χ3v) is 3.54. The molecule has 0 aromatic rings. The Hall–Kier alpha value is -0.790. The topological polar surface area (TPSA) is 29.1 Å². The van der Waals surface area contributed by atoms with Crippen LogP contribution in [0.4, 0.5) is 0 Å². The first kappa shape index (κ1) is 12.3. The van der Waals surface area contributed by atoms with E-state index < -0.39 is 0 Å². The van der Waals surface area contributed by atoms with Gasteiger partial charge in [0, 0.05) is 6.04 Å². The molecule has 0 aromatic heterocycles. The summed E-state index contributed by atoms with van der Waals surface area (Å²) in [6.45, 7) is 10.3. The first-order valence-corrected chi connectivity index (χ1v) is 5.97. The van der Waals surface area contributed by atoms with Gasteiger partial charge in [-0.15, -0.1) is 0 Å². The molecule has 0 radical (unpaired) electrons. The van der Waals surface area contributed by atoms with Gasteiger partial charge in [-0.25, -0.2) is 0 Å². The highest BCUT2D eigenvalue weighted by Crippen LogP contribution is 2.33. The lowest BCUT2D eigenvalue weighted by atomic mass is 9.74. The molecule has 0 unspecified atom stereocenters. The van der Waals surface area contributed by atoms with Crippen molar-refractivity contribution in [2.75, 3.05) is 0 Å². The predicted octanol–water partition coefficient (Wildman–Crippen LogP) is 2.75. The minimum absolute atomic E-state index is 0.0280. The summed E-state index contributed by atoms with van der Waals surface area (Å²) in [5, 5.41) is 3.07. The molecular formula is C13H23NO. The van der Waals surface area contributed by atoms with Gasteiger partial charge in [0.2, 0.25) is 5.91 Å². The van der Waals surface area contributed by atoms with E-state index in [-0.39, 0.29) is 5.91 Å². The number of amides is 1. The normalized spacial score (nSPS) is 31.3. The molecule has 0 spiro atoms. The minimum Gasteiger partial charge on any atom is -0.350 e. The Morgan fingerprint density at radius 3 is 2.67 bits per heavy atom. The molecule has 1 aliphatic rings. The number of carbonyl (C=O) groups is 1. The van der Waals surface area contributed by atoms with Crippen molar-refractivity contribution in [3.63, 3.8) is 0 Å². The van der Waals surface area contributed by atoms with Gasteiger partial charge < -0.3 is 5.32 Å². The highest BCUT2D eigenvalue weighted by molar-refractivity contribution is 5.87. The summed E-state index contributed by atoms with van der Waals surface area (Å²) in [6.07, 6.45) is 5.02. The van der Waals surface area contributed by atoms with Crippen LogP contribution in [0.15, 0.2) is 12.7 Å². The summed E-state index contributed by atoms with van der Waals surface area (Å²) in [4.78, 5) is 11.3. The standard InChI is InChI=1S/C13H23NO/c1-5-13(15)14-12-8-10(4)6-7-11(12)9(2)3/h5,9-12H,1,6-8H2,2-4H3,(H,14,15)/t10-,11+,12-/m0/s1. The van der Waals surface area contributed by atoms with Crippen LogP contribution < -0.4 is 5.32 Å². The van der Waals surface area contributed by atoms with Crippen LogP contribution in [-0.2, 0) is 4.79 Å². The molecule has 0 saturated heterocycles. The molecular weight excluding hydrogens is 186 g/mol. The van der Waals surface area contributed by atoms with E-state index in [1.54, 1.807) is 0 Å². The molecule has 1 aliphatic carbocycles. The van der Waals surface area contributed by atoms with Crippen LogP contribution in [-0.4, -0.2) is 11.9 Å². The van der Waals surface area contributed by atoms with E-state index >= 15 is 0 Å². The lowest BCUT2D eigenvalue weighted by Crippen LogP contribution is -2.45. The van der Waals surface area contributed by atoms with Gasteiger partial charge in [0.15, 0.2) is 0 Å². The van der Waals surface area contributed by atoms with Gasteiger partial charge >= 0.3 is 0 Å². The van der Waals surface area contributed by atoms with Gasteiger partial charge in [0.05, 0.1) is 0 Å². The van der Waals surface area contributed by atoms with Crippen molar-refractivity contribution in [2.45, 2.75) is 46.1 Å². The SMILES string of the molecule is C=CC(=O)N[C@H]1C[C@@H](C)CC[C@@H]1C(C)C. The summed E-state index contributed by atoms with van der Waals surface area (Å²) in [7, 11) is 0. The maximum atomic E-state index is 11.3. The van der Waals surface area contributed by atoms with Crippen LogP contribution >= 0.6 is 0 Å². The Kier molecular flexibility index (Phi) is 4.37. The smallest absolute Gasteiger partial charge is 0.243 e. The summed E-state index contributed by atoms with van der Waals surface area (Å²) < 4.78 is 0. The number of carbonyl (C=O) groups excluding carboxylic acids is 1. The Bertz CT molecular complexity index is 235. The largest absolute Gasteiger partial charge is 0.350 e. The van der Waals surface area contributed by atoms with Crippen molar-refractivity contribution in [3.8, 4) is 0 Å². The Balaban J connectivity index is 2.61. The molecule has 0 aliphatic heterocycles. The fourth-order valence-corrected chi connectivity index (χ4v) is 2.61. The fraction of sp³-hybridized carbons (Fsp3) is 0.769. The molecule has 0 heterocycles. The van der Waals surface area contributed by atoms with E-state index in [0.29, 0.717) is 17.9 Å². The zero-order valence-electron chi connectivity index (χ0n) is 10.1. The average molecular weight is 209 g/mol. The lowest BCUT2D eigenvalue weighted by molar-refractivity contribution is -0.118. The van der Waals surface area contributed by atoms with Crippen molar-refractivity contribution < 1.29 is 4.79 Å². The molecule has 1 saturated carbocycles. The molecule has 1 N–H and O–H groups in total. The summed E-state index contributed by atoms with van der Waals surface area (Å²) >= 11 is 0. The van der Waals surface area contributed by atoms with E-state index in [1.807, 2.05) is 0 Å². The van der Waals surface area contributed by atoms with E-state index in [4.69, 9.17) is 0 Å². The first-order valence-electron chi connectivity index (χ1n) is 5.97. The predicted molar refractivity (Wildman–Crippen MR) is 63.5 cm³/mol. The Morgan fingerprint density at radius 1 is 1.47 bits per heavy atom. The highest BCUT2D eigenvalue weighted by Gasteiger charge is 2.31. The second-order valence-electron chi connectivity index (χ2n) is 5.15. The van der Waals surface area contributed by atoms with Crippen molar-refractivity contribution >= 4 is 5.91 Å². The molecule has 2 heteroatoms. The molecule has 1 rings (SSSR count). The van der Waals surface area contributed by atoms with Crippen LogP contribution in [0.2, 0.25) is 0 Å². The minimum atomic E-state index is -0.0280. The van der Waals surface area contributed by atoms with Gasteiger partial charge in [0.1, 0.15) is 0 Å². The monoisotopic (exact) mass is 209 g/mol. The van der Waals surface area contributed by atoms with Crippen LogP contribution in [0.3, 0.4) is 0 Å². The zero-order valence-corrected chi connectivity index (χ0v) is 10.1. The summed E-state index contributed by atoms with van der Waals surface area (Å²) in [5.41, 5.74) is 0. The van der Waals surface area contributed by atoms with Crippen molar-refractivity contribution in [1.29, 1.82) is 0 Å². The molecule has 0 bridgehead atoms. The third-order valence-electron chi connectivity index (χ3n) is 3.54. The van der Waals surface area contributed by atoms with Crippen LogP contribution in [0.25, 0.3) is 0 Å². The molecule has 15 heavy (non-hydrogen) atoms. The number of hydrogen-bond acceptors (Lipinski definition) is 1. The second kappa shape index (κ2) is 5.34. The van der Waals surface area contributed by atoms with Crippen molar-refractivity contribution in [1.82, 2.24) is 5.32 Å². The molecule has 2 nitrogen and oxygen atoms in total. The van der Waals surface area contributed by atoms with Gasteiger partial charge in [-0.2, -0.15) is 0 Å². The number of hydrogen-bond donors (Lipinski definition) is 1. The van der Waals surface area contributed by atoms with Crippen molar-refractivity contribution in [3.05, 3.63) is 12.7 Å². The zero-order chi connectivity index (χ0) is 11.4. The van der Waals surface area contributed by atoms with E-state index in [0.717, 1.165) is 12.3 Å². The lowest BCUT2D eigenvalue weighted by Gasteiger charge is -2.37. The first-order chi connectivity index (χ1) is 7.04. The summed E-state index contributed by atoms with van der Waals surface area (Å²) in [5.74, 6) is 1.98. The van der Waals surface area contributed by atoms with Gasteiger partial charge in [-0.3, -0.25) is 4.79 Å². The van der Waals surface area contributed by atoms with Crippen LogP contribution in [0.5, 0.6) is 0 Å². The van der Waals surface area contributed by atoms with Gasteiger partial charge in [-0.1, -0.05) is 33.8 Å². The third kappa shape index (κ3) is 3.37. The van der Waals surface area contributed by atoms with Crippen LogP contribution in [0, 0.1) is 17.8 Å². The average Bonchev–Trinajstić information content (AvgIpc) is 2.17. The highest BCUT2D eigenvalue weighted by atomic mass is 16.1. The molecule has 0 aromatic carbocycles. The molecule has 1 amide bonds. The van der Waals surface area contributed by atoms with E-state index in [1.165, 1.54) is 18.9 Å². The van der Waals surface area contributed by atoms with Crippen LogP contribution in [0.1, 0.15) is 40.0 Å². The van der Waals surface area contributed by atoms with Crippen molar-refractivity contribution in [2.24, 2.45) is 17.8 Å². The van der Waals surface area contributed by atoms with E-state index in [2.05, 4.69) is 32.7 Å². The Morgan fingerprint density at radius 2 is 2.13 bits per heavy atom.